The number of ketones is 1. The van der Waals surface area contributed by atoms with Crippen molar-refractivity contribution in [3.05, 3.63) is 23.3 Å². The Balaban J connectivity index is 0.756. The third kappa shape index (κ3) is 12.2. The van der Waals surface area contributed by atoms with Crippen LogP contribution in [0.25, 0.3) is 0 Å². The van der Waals surface area contributed by atoms with E-state index in [-0.39, 0.29) is 48.1 Å². The second-order valence-corrected chi connectivity index (χ2v) is 25.1. The summed E-state index contributed by atoms with van der Waals surface area (Å²) in [5.74, 6) is -0.815. The molecule has 9 rings (SSSR count). The van der Waals surface area contributed by atoms with Crippen molar-refractivity contribution in [1.29, 1.82) is 0 Å². The fraction of sp³-hybridized carbons (Fsp3) is 0.898. The molecule has 0 unspecified atom stereocenters. The van der Waals surface area contributed by atoms with Crippen LogP contribution in [0.2, 0.25) is 0 Å². The number of methoxy groups -OCH3 is 3. The molecule has 22 nitrogen and oxygen atoms in total. The third-order valence-electron chi connectivity index (χ3n) is 20.6. The Morgan fingerprint density at radius 3 is 1.69 bits per heavy atom. The van der Waals surface area contributed by atoms with E-state index in [0.29, 0.717) is 50.5 Å². The standard InChI is InChI=1S/C59H94O22/c1-13-27(2)55(66)77-43-21-37-36(59(67)19-17-35(28(3)61)58(43,59)9)15-14-33-20-34(16-18-57(33,37)8)75-45-23-39(68-10)53(30(5)72-45)80-47-24-40(69-11)52(31(6)73-47)79-44-22-38(62)51(29(4)71-44)78-46-25-41(70-12)54(32(7)74-46)81-56-50(65)49(64)48(63)42(26-60)76-56/h13-14,29-32,34-54,56,60,62-65,67H,15-26H2,1-12H3/b27-13+/t29-,30-,31-,32-,34+,35-,36-,37+,38+,39+,40+,41-,42-,43-,44+,45+,46+,47+,48-,49+,50-,51-,52-,53-,54-,56+,57+,58+,59+/m1/s1. The summed E-state index contributed by atoms with van der Waals surface area (Å²) in [5, 5.41) is 65.1. The van der Waals surface area contributed by atoms with E-state index in [0.717, 1.165) is 12.8 Å². The minimum Gasteiger partial charge on any atom is -0.458 e. The van der Waals surface area contributed by atoms with Crippen molar-refractivity contribution in [2.24, 2.45) is 28.6 Å². The largest absolute Gasteiger partial charge is 0.458 e. The molecule has 0 aromatic rings. The lowest BCUT2D eigenvalue weighted by Crippen LogP contribution is -2.66. The molecule has 5 aliphatic heterocycles. The van der Waals surface area contributed by atoms with Crippen LogP contribution in [0.4, 0.5) is 0 Å². The van der Waals surface area contributed by atoms with Crippen LogP contribution in [-0.2, 0) is 75.9 Å². The molecule has 9 aliphatic rings. The SMILES string of the molecule is C/C=C(\C)C(=O)O[C@@H]1C[C@H]2[C@@H](CC=C3C[C@@H](O[C@H]4C[C@H](OC)[C@H](O[C@H]5C[C@H](OC)[C@H](O[C@H]6C[C@H](O)[C@H](O[C@H]7C[C@@H](OC)[C@H](O[C@@H]8O[C@H](CO)[C@@H](O)[C@H](O)[C@H]8O)[C@@H](C)O7)[C@@H](C)O6)[C@@H](C)O5)[C@@H](C)O4)CC[C@@]32C)[C@@]2(O)CC[C@H](C(C)=O)[C@@]12C. The molecule has 22 heteroatoms. The number of ether oxygens (including phenoxy) is 14. The number of carbonyl (C=O) groups is 2. The predicted octanol–water partition coefficient (Wildman–Crippen LogP) is 3.43. The number of aliphatic hydroxyl groups excluding tert-OH is 5. The van der Waals surface area contributed by atoms with E-state index < -0.39 is 159 Å². The number of aliphatic hydroxyl groups is 6. The van der Waals surface area contributed by atoms with E-state index in [1.807, 2.05) is 20.8 Å². The number of Topliss-reactive ketones (excluding diaryl/α,β-unsaturated/α-hetero) is 1. The van der Waals surface area contributed by atoms with Crippen LogP contribution in [0.1, 0.15) is 133 Å². The Bertz CT molecular complexity index is 2200. The fourth-order valence-corrected chi connectivity index (χ4v) is 15.7. The average molecular weight is 1160 g/mol. The van der Waals surface area contributed by atoms with Gasteiger partial charge in [0.25, 0.3) is 0 Å². The normalized spacial score (nSPS) is 50.4. The maximum Gasteiger partial charge on any atom is 0.333 e. The molecule has 5 saturated heterocycles. The van der Waals surface area contributed by atoms with Crippen molar-refractivity contribution in [1.82, 2.24) is 0 Å². The number of allylic oxidation sites excluding steroid dienone is 2. The molecule has 4 aliphatic carbocycles. The van der Waals surface area contributed by atoms with Crippen molar-refractivity contribution in [2.45, 2.75) is 280 Å². The summed E-state index contributed by atoms with van der Waals surface area (Å²) in [6.07, 6.45) is -8.73. The number of hydrogen-bond acceptors (Lipinski definition) is 22. The van der Waals surface area contributed by atoms with E-state index in [1.54, 1.807) is 54.9 Å². The van der Waals surface area contributed by atoms with Gasteiger partial charge in [-0.2, -0.15) is 0 Å². The van der Waals surface area contributed by atoms with Gasteiger partial charge < -0.3 is 97.0 Å². The molecular weight excluding hydrogens is 1060 g/mol. The van der Waals surface area contributed by atoms with Crippen LogP contribution in [-0.4, -0.2) is 217 Å². The van der Waals surface area contributed by atoms with Gasteiger partial charge in [0.05, 0.1) is 67.1 Å². The van der Waals surface area contributed by atoms with Gasteiger partial charge in [-0.15, -0.1) is 0 Å². The van der Waals surface area contributed by atoms with Crippen LogP contribution >= 0.6 is 0 Å². The molecule has 6 N–H and O–H groups in total. The summed E-state index contributed by atoms with van der Waals surface area (Å²) < 4.78 is 87.6. The van der Waals surface area contributed by atoms with Gasteiger partial charge in [0, 0.05) is 63.9 Å². The van der Waals surface area contributed by atoms with Crippen molar-refractivity contribution >= 4 is 11.8 Å². The van der Waals surface area contributed by atoms with Crippen molar-refractivity contribution in [3.8, 4) is 0 Å². The molecule has 0 bridgehead atoms. The summed E-state index contributed by atoms with van der Waals surface area (Å²) in [6, 6.07) is 0. The van der Waals surface area contributed by atoms with E-state index in [4.69, 9.17) is 66.3 Å². The van der Waals surface area contributed by atoms with Gasteiger partial charge >= 0.3 is 5.97 Å². The third-order valence-corrected chi connectivity index (χ3v) is 20.6. The van der Waals surface area contributed by atoms with Gasteiger partial charge in [0.15, 0.2) is 31.5 Å². The summed E-state index contributed by atoms with van der Waals surface area (Å²) >= 11 is 0. The van der Waals surface area contributed by atoms with Gasteiger partial charge in [-0.05, 0) is 111 Å². The number of carbonyl (C=O) groups excluding carboxylic acids is 2. The van der Waals surface area contributed by atoms with Crippen molar-refractivity contribution in [3.63, 3.8) is 0 Å². The smallest absolute Gasteiger partial charge is 0.333 e. The lowest BCUT2D eigenvalue weighted by Gasteiger charge is -2.63. The molecule has 5 heterocycles. The molecule has 29 atom stereocenters. The molecular formula is C59H94O22. The Morgan fingerprint density at radius 2 is 1.17 bits per heavy atom. The average Bonchev–Trinajstić information content (AvgIpc) is 3.80. The highest BCUT2D eigenvalue weighted by atomic mass is 16.8. The van der Waals surface area contributed by atoms with E-state index in [9.17, 15) is 40.2 Å². The quantitative estimate of drug-likeness (QED) is 0.0691. The number of rotatable bonds is 17. The van der Waals surface area contributed by atoms with Gasteiger partial charge in [-0.25, -0.2) is 4.79 Å². The zero-order chi connectivity index (χ0) is 58.6. The maximum atomic E-state index is 13.4. The van der Waals surface area contributed by atoms with E-state index in [1.165, 1.54) is 12.7 Å². The molecule has 0 amide bonds. The molecule has 81 heavy (non-hydrogen) atoms. The van der Waals surface area contributed by atoms with Crippen molar-refractivity contribution < 1.29 is 107 Å². The van der Waals surface area contributed by atoms with E-state index >= 15 is 0 Å². The van der Waals surface area contributed by atoms with E-state index in [2.05, 4.69) is 13.0 Å². The molecule has 0 radical (unpaired) electrons. The fourth-order valence-electron chi connectivity index (χ4n) is 15.7. The lowest BCUT2D eigenvalue weighted by atomic mass is 9.45. The van der Waals surface area contributed by atoms with Crippen LogP contribution in [0.15, 0.2) is 23.3 Å². The van der Waals surface area contributed by atoms with Crippen LogP contribution in [0.3, 0.4) is 0 Å². The Labute approximate surface area is 476 Å². The molecule has 0 spiro atoms. The minimum absolute atomic E-state index is 0.0273. The van der Waals surface area contributed by atoms with Crippen LogP contribution in [0, 0.1) is 28.6 Å². The summed E-state index contributed by atoms with van der Waals surface area (Å²) in [7, 11) is 4.75. The topological polar surface area (TPSA) is 285 Å². The Kier molecular flexibility index (Phi) is 20.1. The molecule has 0 aromatic carbocycles. The summed E-state index contributed by atoms with van der Waals surface area (Å²) in [4.78, 5) is 26.5. The molecule has 462 valence electrons. The first kappa shape index (κ1) is 63.4. The summed E-state index contributed by atoms with van der Waals surface area (Å²) in [6.45, 7) is 16.1. The second kappa shape index (κ2) is 25.7. The first-order valence-corrected chi connectivity index (χ1v) is 29.7. The highest BCUT2D eigenvalue weighted by Gasteiger charge is 2.71. The van der Waals surface area contributed by atoms with Crippen molar-refractivity contribution in [2.75, 3.05) is 27.9 Å². The number of esters is 1. The van der Waals surface area contributed by atoms with Crippen LogP contribution < -0.4 is 0 Å². The molecule has 8 fully saturated rings. The maximum absolute atomic E-state index is 13.4. The Hall–Kier alpha value is -2.14. The highest BCUT2D eigenvalue weighted by Crippen LogP contribution is 2.69. The Morgan fingerprint density at radius 1 is 0.654 bits per heavy atom. The number of fused-ring (bicyclic) bond motifs is 5. The predicted molar refractivity (Wildman–Crippen MR) is 284 cm³/mol. The van der Waals surface area contributed by atoms with Gasteiger partial charge in [0.2, 0.25) is 0 Å². The summed E-state index contributed by atoms with van der Waals surface area (Å²) in [5.41, 5.74) is -0.538. The first-order chi connectivity index (χ1) is 38.4. The minimum atomic E-state index is -1.61. The highest BCUT2D eigenvalue weighted by molar-refractivity contribution is 5.88. The molecule has 0 aromatic heterocycles. The monoisotopic (exact) mass is 1150 g/mol. The zero-order valence-corrected chi connectivity index (χ0v) is 49.4. The first-order valence-electron chi connectivity index (χ1n) is 29.7. The molecule has 3 saturated carbocycles. The van der Waals surface area contributed by atoms with Gasteiger partial charge in [-0.1, -0.05) is 31.6 Å². The zero-order valence-electron chi connectivity index (χ0n) is 49.4. The van der Waals surface area contributed by atoms with Crippen LogP contribution in [0.5, 0.6) is 0 Å². The second-order valence-electron chi connectivity index (χ2n) is 25.1. The van der Waals surface area contributed by atoms with Gasteiger partial charge in [-0.3, -0.25) is 4.79 Å². The number of hydrogen-bond donors (Lipinski definition) is 6. The van der Waals surface area contributed by atoms with Gasteiger partial charge in [0.1, 0.15) is 60.7 Å². The lowest BCUT2D eigenvalue weighted by molar-refractivity contribution is -0.358.